The first kappa shape index (κ1) is 12.1. The number of nitrogens with zero attached hydrogens (tertiary/aromatic N) is 1. The molecule has 2 N–H and O–H groups in total. The number of rotatable bonds is 2. The van der Waals surface area contributed by atoms with Crippen LogP contribution in [0.25, 0.3) is 0 Å². The Hall–Kier alpha value is -1.38. The van der Waals surface area contributed by atoms with Gasteiger partial charge in [0.05, 0.1) is 21.5 Å². The lowest BCUT2D eigenvalue weighted by atomic mass is 10.2. The fourth-order valence-electron chi connectivity index (χ4n) is 1.65. The van der Waals surface area contributed by atoms with Crippen LogP contribution >= 0.6 is 22.6 Å². The second-order valence-corrected chi connectivity index (χ2v) is 4.74. The number of carbonyl (C=O) groups is 2. The van der Waals surface area contributed by atoms with Crippen LogP contribution in [0.5, 0.6) is 0 Å². The molecule has 1 aromatic rings. The highest BCUT2D eigenvalue weighted by atomic mass is 127. The van der Waals surface area contributed by atoms with E-state index in [1.54, 1.807) is 0 Å². The zero-order valence-electron chi connectivity index (χ0n) is 8.54. The number of carboxylic acids is 1. The molecule has 0 saturated carbocycles. The molecule has 0 aromatic heterocycles. The molecule has 0 unspecified atom stereocenters. The molecule has 2 rings (SSSR count). The molecule has 1 aliphatic rings. The SMILES string of the molecule is O=C(O)CN1CC(=O)Nc2cc(I)c(F)cc21. The van der Waals surface area contributed by atoms with Gasteiger partial charge in [-0.25, -0.2) is 4.39 Å². The Bertz CT molecular complexity index is 507. The van der Waals surface area contributed by atoms with E-state index in [0.717, 1.165) is 0 Å². The molecule has 0 spiro atoms. The van der Waals surface area contributed by atoms with E-state index >= 15 is 0 Å². The van der Waals surface area contributed by atoms with Crippen LogP contribution in [0.15, 0.2) is 12.1 Å². The lowest BCUT2D eigenvalue weighted by Crippen LogP contribution is -2.41. The number of hydrogen-bond acceptors (Lipinski definition) is 3. The number of nitrogens with one attached hydrogen (secondary N) is 1. The molecular weight excluding hydrogens is 342 g/mol. The quantitative estimate of drug-likeness (QED) is 0.789. The van der Waals surface area contributed by atoms with Crippen molar-refractivity contribution in [1.29, 1.82) is 0 Å². The van der Waals surface area contributed by atoms with E-state index in [9.17, 15) is 14.0 Å². The van der Waals surface area contributed by atoms with Crippen molar-refractivity contribution in [2.24, 2.45) is 0 Å². The fraction of sp³-hybridized carbons (Fsp3) is 0.200. The first-order chi connectivity index (χ1) is 7.97. The van der Waals surface area contributed by atoms with E-state index in [0.29, 0.717) is 14.9 Å². The minimum atomic E-state index is -1.07. The second kappa shape index (κ2) is 4.47. The Balaban J connectivity index is 2.44. The summed E-state index contributed by atoms with van der Waals surface area (Å²) in [6.45, 7) is -0.417. The lowest BCUT2D eigenvalue weighted by Gasteiger charge is -2.29. The van der Waals surface area contributed by atoms with E-state index in [1.807, 2.05) is 22.6 Å². The fourth-order valence-corrected chi connectivity index (χ4v) is 2.12. The van der Waals surface area contributed by atoms with Crippen molar-refractivity contribution in [2.45, 2.75) is 0 Å². The monoisotopic (exact) mass is 350 g/mol. The average Bonchev–Trinajstić information content (AvgIpc) is 2.20. The van der Waals surface area contributed by atoms with Crippen molar-refractivity contribution in [3.8, 4) is 0 Å². The van der Waals surface area contributed by atoms with E-state index < -0.39 is 11.8 Å². The van der Waals surface area contributed by atoms with Crippen molar-refractivity contribution in [3.05, 3.63) is 21.5 Å². The molecule has 5 nitrogen and oxygen atoms in total. The summed E-state index contributed by atoms with van der Waals surface area (Å²) in [5.41, 5.74) is 0.832. The maximum Gasteiger partial charge on any atom is 0.323 e. The van der Waals surface area contributed by atoms with Gasteiger partial charge in [-0.3, -0.25) is 9.59 Å². The van der Waals surface area contributed by atoms with Crippen LogP contribution in [0.1, 0.15) is 0 Å². The van der Waals surface area contributed by atoms with Gasteiger partial charge in [-0.2, -0.15) is 0 Å². The van der Waals surface area contributed by atoms with Crippen LogP contribution in [0.4, 0.5) is 15.8 Å². The molecule has 7 heteroatoms. The number of carboxylic acid groups (broad SMARTS) is 1. The highest BCUT2D eigenvalue weighted by Crippen LogP contribution is 2.32. The Morgan fingerprint density at radius 2 is 2.29 bits per heavy atom. The van der Waals surface area contributed by atoms with Crippen LogP contribution in [0.2, 0.25) is 0 Å². The summed E-state index contributed by atoms with van der Waals surface area (Å²) in [4.78, 5) is 23.4. The first-order valence-corrected chi connectivity index (χ1v) is 5.81. The number of hydrogen-bond donors (Lipinski definition) is 2. The van der Waals surface area contributed by atoms with Crippen molar-refractivity contribution < 1.29 is 19.1 Å². The molecule has 17 heavy (non-hydrogen) atoms. The normalized spacial score (nSPS) is 14.2. The van der Waals surface area contributed by atoms with Crippen molar-refractivity contribution in [1.82, 2.24) is 0 Å². The van der Waals surface area contributed by atoms with Crippen LogP contribution in [0.3, 0.4) is 0 Å². The van der Waals surface area contributed by atoms with Crippen LogP contribution < -0.4 is 10.2 Å². The van der Waals surface area contributed by atoms with Gasteiger partial charge in [0, 0.05) is 6.07 Å². The zero-order chi connectivity index (χ0) is 12.6. The number of fused-ring (bicyclic) bond motifs is 1. The molecule has 0 saturated heterocycles. The molecular formula is C10H8FIN2O3. The third-order valence-corrected chi connectivity index (χ3v) is 3.14. The third-order valence-electron chi connectivity index (χ3n) is 2.31. The summed E-state index contributed by atoms with van der Waals surface area (Å²) >= 11 is 1.81. The topological polar surface area (TPSA) is 69.6 Å². The molecule has 90 valence electrons. The molecule has 0 radical (unpaired) electrons. The Morgan fingerprint density at radius 1 is 1.59 bits per heavy atom. The van der Waals surface area contributed by atoms with Crippen LogP contribution in [0, 0.1) is 9.39 Å². The molecule has 1 aromatic carbocycles. The van der Waals surface area contributed by atoms with Crippen molar-refractivity contribution in [3.63, 3.8) is 0 Å². The van der Waals surface area contributed by atoms with Gasteiger partial charge in [0.2, 0.25) is 5.91 Å². The predicted molar refractivity (Wildman–Crippen MR) is 67.6 cm³/mol. The highest BCUT2D eigenvalue weighted by molar-refractivity contribution is 14.1. The smallest absolute Gasteiger partial charge is 0.323 e. The first-order valence-electron chi connectivity index (χ1n) is 4.73. The summed E-state index contributed by atoms with van der Waals surface area (Å²) in [6, 6.07) is 2.72. The maximum atomic E-state index is 13.4. The third kappa shape index (κ3) is 2.48. The molecule has 1 heterocycles. The van der Waals surface area contributed by atoms with Gasteiger partial charge in [-0.1, -0.05) is 0 Å². The number of carbonyl (C=O) groups excluding carboxylic acids is 1. The largest absolute Gasteiger partial charge is 0.480 e. The van der Waals surface area contributed by atoms with E-state index in [-0.39, 0.29) is 19.0 Å². The Kier molecular flexibility index (Phi) is 3.18. The summed E-state index contributed by atoms with van der Waals surface area (Å²) in [7, 11) is 0. The molecule has 0 aliphatic carbocycles. The number of halogens is 2. The molecule has 0 atom stereocenters. The van der Waals surface area contributed by atoms with Crippen LogP contribution in [-0.4, -0.2) is 30.1 Å². The maximum absolute atomic E-state index is 13.4. The molecule has 1 aliphatic heterocycles. The minimum Gasteiger partial charge on any atom is -0.480 e. The summed E-state index contributed by atoms with van der Waals surface area (Å²) in [5.74, 6) is -1.80. The Labute approximate surface area is 110 Å². The molecule has 0 bridgehead atoms. The van der Waals surface area contributed by atoms with E-state index in [1.165, 1.54) is 17.0 Å². The molecule has 0 fully saturated rings. The van der Waals surface area contributed by atoms with Gasteiger partial charge in [0.15, 0.2) is 0 Å². The van der Waals surface area contributed by atoms with Gasteiger partial charge in [-0.15, -0.1) is 0 Å². The summed E-state index contributed by atoms with van der Waals surface area (Å²) < 4.78 is 13.8. The summed E-state index contributed by atoms with van der Waals surface area (Å²) in [5, 5.41) is 11.3. The number of aliphatic carboxylic acids is 1. The number of amides is 1. The van der Waals surface area contributed by atoms with Crippen molar-refractivity contribution in [2.75, 3.05) is 23.3 Å². The Morgan fingerprint density at radius 3 is 2.94 bits per heavy atom. The minimum absolute atomic E-state index is 0.0840. The zero-order valence-corrected chi connectivity index (χ0v) is 10.7. The summed E-state index contributed by atoms with van der Waals surface area (Å²) in [6.07, 6.45) is 0. The van der Waals surface area contributed by atoms with Gasteiger partial charge < -0.3 is 15.3 Å². The number of benzene rings is 1. The second-order valence-electron chi connectivity index (χ2n) is 3.58. The predicted octanol–water partition coefficient (Wildman–Crippen LogP) is 1.27. The van der Waals surface area contributed by atoms with Crippen molar-refractivity contribution >= 4 is 45.8 Å². The van der Waals surface area contributed by atoms with Gasteiger partial charge in [0.25, 0.3) is 0 Å². The lowest BCUT2D eigenvalue weighted by molar-refractivity contribution is -0.135. The van der Waals surface area contributed by atoms with Gasteiger partial charge in [0.1, 0.15) is 12.4 Å². The van der Waals surface area contributed by atoms with Crippen LogP contribution in [-0.2, 0) is 9.59 Å². The van der Waals surface area contributed by atoms with E-state index in [2.05, 4.69) is 5.32 Å². The van der Waals surface area contributed by atoms with Gasteiger partial charge in [-0.05, 0) is 28.7 Å². The molecule has 1 amide bonds. The van der Waals surface area contributed by atoms with E-state index in [4.69, 9.17) is 5.11 Å². The number of anilines is 2. The highest BCUT2D eigenvalue weighted by Gasteiger charge is 2.24. The standard InChI is InChI=1S/C10H8FIN2O3/c11-5-1-8-7(2-6(5)12)13-9(15)3-14(8)4-10(16)17/h1-2H,3-4H2,(H,13,15)(H,16,17). The average molecular weight is 350 g/mol. The van der Waals surface area contributed by atoms with Gasteiger partial charge >= 0.3 is 5.97 Å².